The van der Waals surface area contributed by atoms with Crippen molar-refractivity contribution in [2.75, 3.05) is 12.8 Å². The van der Waals surface area contributed by atoms with Crippen molar-refractivity contribution in [2.24, 2.45) is 0 Å². The molecule has 5 heteroatoms. The van der Waals surface area contributed by atoms with Gasteiger partial charge in [-0.05, 0) is 32.0 Å². The van der Waals surface area contributed by atoms with Gasteiger partial charge in [-0.25, -0.2) is 8.42 Å². The largest absolute Gasteiger partial charge is 0.468 e. The van der Waals surface area contributed by atoms with Crippen molar-refractivity contribution in [1.29, 1.82) is 0 Å². The standard InChI is InChI=1S/C11H19NO3S/c1-4-7-12-11(9(2)16(3,13)14)10-6-5-8-15-10/h5-6,8-9,11-12H,4,7H2,1-3H3. The van der Waals surface area contributed by atoms with Crippen LogP contribution < -0.4 is 5.32 Å². The van der Waals surface area contributed by atoms with Crippen molar-refractivity contribution in [3.63, 3.8) is 0 Å². The summed E-state index contributed by atoms with van der Waals surface area (Å²) in [5.74, 6) is 0.673. The van der Waals surface area contributed by atoms with Crippen LogP contribution in [0.1, 0.15) is 32.1 Å². The van der Waals surface area contributed by atoms with E-state index in [0.29, 0.717) is 5.76 Å². The lowest BCUT2D eigenvalue weighted by Crippen LogP contribution is -2.35. The first kappa shape index (κ1) is 13.3. The van der Waals surface area contributed by atoms with Gasteiger partial charge in [0.2, 0.25) is 0 Å². The zero-order valence-electron chi connectivity index (χ0n) is 9.93. The van der Waals surface area contributed by atoms with Crippen LogP contribution in [0.4, 0.5) is 0 Å². The molecule has 0 bridgehead atoms. The maximum atomic E-state index is 11.5. The van der Waals surface area contributed by atoms with Crippen LogP contribution in [0, 0.1) is 0 Å². The Morgan fingerprint density at radius 2 is 2.19 bits per heavy atom. The van der Waals surface area contributed by atoms with Crippen molar-refractivity contribution in [3.8, 4) is 0 Å². The fourth-order valence-corrected chi connectivity index (χ4v) is 2.24. The summed E-state index contributed by atoms with van der Waals surface area (Å²) in [7, 11) is -3.08. The molecule has 1 rings (SSSR count). The summed E-state index contributed by atoms with van der Waals surface area (Å²) in [6, 6.07) is 3.30. The van der Waals surface area contributed by atoms with Gasteiger partial charge >= 0.3 is 0 Å². The average molecular weight is 245 g/mol. The molecule has 92 valence electrons. The highest BCUT2D eigenvalue weighted by molar-refractivity contribution is 7.91. The monoisotopic (exact) mass is 245 g/mol. The number of hydrogen-bond donors (Lipinski definition) is 1. The minimum absolute atomic E-state index is 0.273. The summed E-state index contributed by atoms with van der Waals surface area (Å²) in [5, 5.41) is 2.71. The van der Waals surface area contributed by atoms with Crippen LogP contribution in [0.25, 0.3) is 0 Å². The number of sulfone groups is 1. The van der Waals surface area contributed by atoms with E-state index >= 15 is 0 Å². The molecule has 0 aliphatic heterocycles. The van der Waals surface area contributed by atoms with Crippen molar-refractivity contribution in [2.45, 2.75) is 31.6 Å². The topological polar surface area (TPSA) is 59.3 Å². The molecule has 0 radical (unpaired) electrons. The maximum absolute atomic E-state index is 11.5. The Balaban J connectivity index is 2.88. The minimum atomic E-state index is -3.08. The zero-order chi connectivity index (χ0) is 12.2. The molecular formula is C11H19NO3S. The molecule has 0 aromatic carbocycles. The summed E-state index contributed by atoms with van der Waals surface area (Å²) in [6.45, 7) is 4.51. The van der Waals surface area contributed by atoms with Crippen molar-refractivity contribution in [1.82, 2.24) is 5.32 Å². The molecule has 16 heavy (non-hydrogen) atoms. The predicted molar refractivity (Wildman–Crippen MR) is 64.0 cm³/mol. The quantitative estimate of drug-likeness (QED) is 0.829. The van der Waals surface area contributed by atoms with E-state index in [1.165, 1.54) is 6.26 Å². The third-order valence-electron chi connectivity index (χ3n) is 2.61. The average Bonchev–Trinajstić information content (AvgIpc) is 2.70. The number of rotatable bonds is 6. The lowest BCUT2D eigenvalue weighted by molar-refractivity contribution is 0.402. The van der Waals surface area contributed by atoms with Gasteiger partial charge in [-0.3, -0.25) is 0 Å². The van der Waals surface area contributed by atoms with Crippen molar-refractivity contribution in [3.05, 3.63) is 24.2 Å². The fourth-order valence-electron chi connectivity index (χ4n) is 1.51. The molecule has 1 heterocycles. The van der Waals surface area contributed by atoms with Crippen LogP contribution in [0.2, 0.25) is 0 Å². The first-order chi connectivity index (χ1) is 7.46. The highest BCUT2D eigenvalue weighted by Gasteiger charge is 2.28. The van der Waals surface area contributed by atoms with Crippen LogP contribution in [-0.2, 0) is 9.84 Å². The van der Waals surface area contributed by atoms with E-state index in [-0.39, 0.29) is 6.04 Å². The molecule has 1 aromatic rings. The molecule has 0 spiro atoms. The third-order valence-corrected chi connectivity index (χ3v) is 4.23. The van der Waals surface area contributed by atoms with Crippen LogP contribution in [0.15, 0.2) is 22.8 Å². The van der Waals surface area contributed by atoms with Gasteiger partial charge in [0.25, 0.3) is 0 Å². The summed E-state index contributed by atoms with van der Waals surface area (Å²) in [5.41, 5.74) is 0. The van der Waals surface area contributed by atoms with Gasteiger partial charge in [0.05, 0.1) is 17.6 Å². The molecule has 0 aliphatic carbocycles. The van der Waals surface area contributed by atoms with Crippen LogP contribution in [-0.4, -0.2) is 26.5 Å². The lowest BCUT2D eigenvalue weighted by atomic mass is 10.1. The molecule has 0 amide bonds. The van der Waals surface area contributed by atoms with Gasteiger partial charge in [0, 0.05) is 6.26 Å². The Hall–Kier alpha value is -0.810. The summed E-state index contributed by atoms with van der Waals surface area (Å²) in [6.07, 6.45) is 3.76. The van der Waals surface area contributed by atoms with E-state index < -0.39 is 15.1 Å². The van der Waals surface area contributed by atoms with E-state index in [9.17, 15) is 8.42 Å². The van der Waals surface area contributed by atoms with Gasteiger partial charge in [-0.2, -0.15) is 0 Å². The molecule has 2 unspecified atom stereocenters. The normalized spacial score (nSPS) is 15.9. The van der Waals surface area contributed by atoms with Gasteiger partial charge < -0.3 is 9.73 Å². The third kappa shape index (κ3) is 3.35. The van der Waals surface area contributed by atoms with E-state index in [0.717, 1.165) is 13.0 Å². The van der Waals surface area contributed by atoms with Crippen molar-refractivity contribution >= 4 is 9.84 Å². The molecule has 2 atom stereocenters. The SMILES string of the molecule is CCCNC(c1ccco1)C(C)S(C)(=O)=O. The summed E-state index contributed by atoms with van der Waals surface area (Å²) in [4.78, 5) is 0. The van der Waals surface area contributed by atoms with Crippen LogP contribution in [0.5, 0.6) is 0 Å². The van der Waals surface area contributed by atoms with Gasteiger partial charge in [0.15, 0.2) is 9.84 Å². The van der Waals surface area contributed by atoms with E-state index in [2.05, 4.69) is 5.32 Å². The molecule has 4 nitrogen and oxygen atoms in total. The Morgan fingerprint density at radius 3 is 2.62 bits per heavy atom. The fraction of sp³-hybridized carbons (Fsp3) is 0.636. The molecular weight excluding hydrogens is 226 g/mol. The Bertz CT molecular complexity index is 397. The maximum Gasteiger partial charge on any atom is 0.152 e. The second-order valence-corrected chi connectivity index (χ2v) is 6.38. The molecule has 1 aromatic heterocycles. The highest BCUT2D eigenvalue weighted by Crippen LogP contribution is 2.22. The first-order valence-corrected chi connectivity index (χ1v) is 7.38. The summed E-state index contributed by atoms with van der Waals surface area (Å²) >= 11 is 0. The van der Waals surface area contributed by atoms with E-state index in [1.54, 1.807) is 25.3 Å². The highest BCUT2D eigenvalue weighted by atomic mass is 32.2. The van der Waals surface area contributed by atoms with E-state index in [4.69, 9.17) is 4.42 Å². The number of hydrogen-bond acceptors (Lipinski definition) is 4. The zero-order valence-corrected chi connectivity index (χ0v) is 10.8. The first-order valence-electron chi connectivity index (χ1n) is 5.42. The number of furan rings is 1. The lowest BCUT2D eigenvalue weighted by Gasteiger charge is -2.21. The predicted octanol–water partition coefficient (Wildman–Crippen LogP) is 1.75. The van der Waals surface area contributed by atoms with Gasteiger partial charge in [-0.1, -0.05) is 6.92 Å². The number of nitrogens with one attached hydrogen (secondary N) is 1. The van der Waals surface area contributed by atoms with E-state index in [1.807, 2.05) is 6.92 Å². The van der Waals surface area contributed by atoms with Crippen LogP contribution in [0.3, 0.4) is 0 Å². The molecule has 0 saturated heterocycles. The summed E-state index contributed by atoms with van der Waals surface area (Å²) < 4.78 is 28.4. The Kier molecular flexibility index (Phi) is 4.56. The molecule has 0 saturated carbocycles. The van der Waals surface area contributed by atoms with Crippen LogP contribution >= 0.6 is 0 Å². The van der Waals surface area contributed by atoms with Gasteiger partial charge in [0.1, 0.15) is 5.76 Å². The minimum Gasteiger partial charge on any atom is -0.468 e. The Labute approximate surface area is 97.0 Å². The van der Waals surface area contributed by atoms with Gasteiger partial charge in [-0.15, -0.1) is 0 Å². The smallest absolute Gasteiger partial charge is 0.152 e. The molecule has 0 aliphatic rings. The molecule has 0 fully saturated rings. The second-order valence-electron chi connectivity index (χ2n) is 3.98. The second kappa shape index (κ2) is 5.50. The Morgan fingerprint density at radius 1 is 1.50 bits per heavy atom. The van der Waals surface area contributed by atoms with Crippen molar-refractivity contribution < 1.29 is 12.8 Å². The molecule has 1 N–H and O–H groups in total.